The molecule has 1 N–H and O–H groups in total. The second-order valence-corrected chi connectivity index (χ2v) is 5.24. The second-order valence-electron chi connectivity index (χ2n) is 5.24. The van der Waals surface area contributed by atoms with Crippen molar-refractivity contribution < 1.29 is 14.6 Å². The predicted molar refractivity (Wildman–Crippen MR) is 83.9 cm³/mol. The summed E-state index contributed by atoms with van der Waals surface area (Å²) in [4.78, 5) is 0. The maximum Gasteiger partial charge on any atom is 0.125 e. The van der Waals surface area contributed by atoms with Crippen molar-refractivity contribution in [1.29, 1.82) is 0 Å². The van der Waals surface area contributed by atoms with E-state index in [9.17, 15) is 5.11 Å². The molecule has 2 aromatic rings. The number of benzene rings is 2. The monoisotopic (exact) mass is 286 g/mol. The zero-order valence-electron chi connectivity index (χ0n) is 12.7. The molecule has 0 aliphatic carbocycles. The Hall–Kier alpha value is -2.00. The molecular formula is C18H22O3. The minimum absolute atomic E-state index is 0.0737. The number of methoxy groups -OCH3 is 1. The Morgan fingerprint density at radius 1 is 0.952 bits per heavy atom. The highest BCUT2D eigenvalue weighted by Gasteiger charge is 2.16. The lowest BCUT2D eigenvalue weighted by atomic mass is 10.00. The summed E-state index contributed by atoms with van der Waals surface area (Å²) in [5.41, 5.74) is 1.78. The first-order valence-electron chi connectivity index (χ1n) is 7.17. The van der Waals surface area contributed by atoms with Crippen LogP contribution < -0.4 is 9.47 Å². The lowest BCUT2D eigenvalue weighted by molar-refractivity contribution is 0.165. The van der Waals surface area contributed by atoms with Gasteiger partial charge in [-0.2, -0.15) is 0 Å². The van der Waals surface area contributed by atoms with E-state index in [2.05, 4.69) is 0 Å². The molecule has 3 heteroatoms. The van der Waals surface area contributed by atoms with Crippen LogP contribution >= 0.6 is 0 Å². The van der Waals surface area contributed by atoms with Crippen LogP contribution in [0.15, 0.2) is 48.5 Å². The Morgan fingerprint density at radius 2 is 1.57 bits per heavy atom. The van der Waals surface area contributed by atoms with E-state index in [1.807, 2.05) is 62.4 Å². The van der Waals surface area contributed by atoms with E-state index in [0.29, 0.717) is 6.42 Å². The highest BCUT2D eigenvalue weighted by atomic mass is 16.5. The van der Waals surface area contributed by atoms with E-state index in [1.54, 1.807) is 7.11 Å². The normalized spacial score (nSPS) is 12.2. The Kier molecular flexibility index (Phi) is 5.23. The molecule has 2 rings (SSSR count). The molecular weight excluding hydrogens is 264 g/mol. The number of aliphatic hydroxyl groups excluding tert-OH is 1. The maximum atomic E-state index is 10.6. The fraction of sp³-hybridized carbons (Fsp3) is 0.333. The molecule has 0 aromatic heterocycles. The molecule has 0 spiro atoms. The van der Waals surface area contributed by atoms with E-state index in [4.69, 9.17) is 9.47 Å². The van der Waals surface area contributed by atoms with Crippen LogP contribution in [0.4, 0.5) is 0 Å². The Labute approximate surface area is 126 Å². The van der Waals surface area contributed by atoms with Gasteiger partial charge in [-0.15, -0.1) is 0 Å². The predicted octanol–water partition coefficient (Wildman–Crippen LogP) is 3.76. The van der Waals surface area contributed by atoms with Gasteiger partial charge in [-0.3, -0.25) is 0 Å². The molecule has 112 valence electrons. The highest BCUT2D eigenvalue weighted by molar-refractivity contribution is 5.39. The van der Waals surface area contributed by atoms with Gasteiger partial charge in [-0.1, -0.05) is 36.4 Å². The van der Waals surface area contributed by atoms with E-state index < -0.39 is 6.10 Å². The van der Waals surface area contributed by atoms with Crippen molar-refractivity contribution in [3.8, 4) is 11.5 Å². The van der Waals surface area contributed by atoms with Gasteiger partial charge in [0.05, 0.1) is 19.3 Å². The molecule has 0 aliphatic heterocycles. The van der Waals surface area contributed by atoms with E-state index in [0.717, 1.165) is 22.6 Å². The van der Waals surface area contributed by atoms with Gasteiger partial charge < -0.3 is 14.6 Å². The number of hydrogen-bond acceptors (Lipinski definition) is 3. The molecule has 2 aromatic carbocycles. The third-order valence-electron chi connectivity index (χ3n) is 3.25. The second kappa shape index (κ2) is 7.14. The maximum absolute atomic E-state index is 10.6. The summed E-state index contributed by atoms with van der Waals surface area (Å²) < 4.78 is 11.1. The largest absolute Gasteiger partial charge is 0.496 e. The van der Waals surface area contributed by atoms with Crippen LogP contribution in [0, 0.1) is 0 Å². The van der Waals surface area contributed by atoms with Crippen LogP contribution in [-0.4, -0.2) is 18.3 Å². The summed E-state index contributed by atoms with van der Waals surface area (Å²) in [6.45, 7) is 3.95. The van der Waals surface area contributed by atoms with Crippen molar-refractivity contribution in [3.63, 3.8) is 0 Å². The van der Waals surface area contributed by atoms with Crippen LogP contribution in [0.25, 0.3) is 0 Å². The minimum atomic E-state index is -0.628. The van der Waals surface area contributed by atoms with Crippen molar-refractivity contribution in [3.05, 3.63) is 59.7 Å². The quantitative estimate of drug-likeness (QED) is 0.878. The Morgan fingerprint density at radius 3 is 2.24 bits per heavy atom. The lowest BCUT2D eigenvalue weighted by Gasteiger charge is -2.19. The van der Waals surface area contributed by atoms with Crippen molar-refractivity contribution in [1.82, 2.24) is 0 Å². The van der Waals surface area contributed by atoms with Gasteiger partial charge in [-0.05, 0) is 31.5 Å². The molecule has 3 nitrogen and oxygen atoms in total. The summed E-state index contributed by atoms with van der Waals surface area (Å²) in [6, 6.07) is 15.3. The smallest absolute Gasteiger partial charge is 0.125 e. The summed E-state index contributed by atoms with van der Waals surface area (Å²) >= 11 is 0. The lowest BCUT2D eigenvalue weighted by Crippen LogP contribution is -2.10. The number of para-hydroxylation sites is 2. The minimum Gasteiger partial charge on any atom is -0.496 e. The fourth-order valence-corrected chi connectivity index (χ4v) is 2.31. The third-order valence-corrected chi connectivity index (χ3v) is 3.25. The van der Waals surface area contributed by atoms with Gasteiger partial charge in [0, 0.05) is 12.0 Å². The van der Waals surface area contributed by atoms with E-state index in [-0.39, 0.29) is 6.10 Å². The molecule has 0 heterocycles. The number of hydrogen-bond donors (Lipinski definition) is 1. The van der Waals surface area contributed by atoms with Gasteiger partial charge in [0.1, 0.15) is 11.5 Å². The van der Waals surface area contributed by atoms with Crippen molar-refractivity contribution in [2.75, 3.05) is 7.11 Å². The average Bonchev–Trinajstić information content (AvgIpc) is 2.47. The number of ether oxygens (including phenoxy) is 2. The molecule has 0 radical (unpaired) electrons. The molecule has 0 aliphatic rings. The van der Waals surface area contributed by atoms with Crippen LogP contribution in [-0.2, 0) is 6.42 Å². The van der Waals surface area contributed by atoms with Gasteiger partial charge in [0.25, 0.3) is 0 Å². The average molecular weight is 286 g/mol. The van der Waals surface area contributed by atoms with Gasteiger partial charge in [-0.25, -0.2) is 0 Å². The standard InChI is InChI=1S/C18H22O3/c1-13(2)21-18-11-7-5-9-15(18)16(19)12-14-8-4-6-10-17(14)20-3/h4-11,13,16,19H,12H2,1-3H3. The summed E-state index contributed by atoms with van der Waals surface area (Å²) in [7, 11) is 1.64. The van der Waals surface area contributed by atoms with Crippen LogP contribution in [0.1, 0.15) is 31.1 Å². The Balaban J connectivity index is 2.22. The summed E-state index contributed by atoms with van der Waals surface area (Å²) in [5.74, 6) is 1.52. The molecule has 21 heavy (non-hydrogen) atoms. The molecule has 0 saturated heterocycles. The summed E-state index contributed by atoms with van der Waals surface area (Å²) in [6.07, 6.45) is -0.0662. The van der Waals surface area contributed by atoms with Crippen molar-refractivity contribution in [2.24, 2.45) is 0 Å². The van der Waals surface area contributed by atoms with Gasteiger partial charge >= 0.3 is 0 Å². The number of rotatable bonds is 6. The summed E-state index contributed by atoms with van der Waals surface area (Å²) in [5, 5.41) is 10.6. The molecule has 0 fully saturated rings. The molecule has 0 saturated carbocycles. The molecule has 0 amide bonds. The first-order valence-corrected chi connectivity index (χ1v) is 7.17. The number of aliphatic hydroxyl groups is 1. The van der Waals surface area contributed by atoms with Crippen molar-refractivity contribution in [2.45, 2.75) is 32.5 Å². The van der Waals surface area contributed by atoms with Gasteiger partial charge in [0.15, 0.2) is 0 Å². The van der Waals surface area contributed by atoms with E-state index in [1.165, 1.54) is 0 Å². The van der Waals surface area contributed by atoms with Crippen LogP contribution in [0.3, 0.4) is 0 Å². The zero-order chi connectivity index (χ0) is 15.2. The Bertz CT molecular complexity index is 578. The molecule has 1 unspecified atom stereocenters. The topological polar surface area (TPSA) is 38.7 Å². The highest BCUT2D eigenvalue weighted by Crippen LogP contribution is 2.30. The fourth-order valence-electron chi connectivity index (χ4n) is 2.31. The zero-order valence-corrected chi connectivity index (χ0v) is 12.7. The van der Waals surface area contributed by atoms with Crippen LogP contribution in [0.2, 0.25) is 0 Å². The molecule has 1 atom stereocenters. The van der Waals surface area contributed by atoms with Crippen LogP contribution in [0.5, 0.6) is 11.5 Å². The first kappa shape index (κ1) is 15.4. The third kappa shape index (κ3) is 3.99. The van der Waals surface area contributed by atoms with Crippen molar-refractivity contribution >= 4 is 0 Å². The molecule has 0 bridgehead atoms. The van der Waals surface area contributed by atoms with E-state index >= 15 is 0 Å². The SMILES string of the molecule is COc1ccccc1CC(O)c1ccccc1OC(C)C. The van der Waals surface area contributed by atoms with Gasteiger partial charge in [0.2, 0.25) is 0 Å². The first-order chi connectivity index (χ1) is 10.1.